The molecule has 1 aromatic heterocycles. The van der Waals surface area contributed by atoms with E-state index in [1.807, 2.05) is 24.0 Å². The van der Waals surface area contributed by atoms with Crippen molar-refractivity contribution in [3.63, 3.8) is 0 Å². The summed E-state index contributed by atoms with van der Waals surface area (Å²) in [4.78, 5) is 25.6. The second kappa shape index (κ2) is 9.07. The number of amides is 2. The molecule has 9 heteroatoms. The molecule has 2 fully saturated rings. The maximum absolute atomic E-state index is 12.8. The van der Waals surface area contributed by atoms with Crippen molar-refractivity contribution >= 4 is 41.4 Å². The number of anilines is 2. The number of piperazine rings is 1. The minimum atomic E-state index is -0.148. The third-order valence-electron chi connectivity index (χ3n) is 5.52. The highest BCUT2D eigenvalue weighted by Crippen LogP contribution is 2.37. The number of carbonyl (C=O) groups is 1. The fourth-order valence-corrected chi connectivity index (χ4v) is 3.91. The van der Waals surface area contributed by atoms with Gasteiger partial charge in [-0.05, 0) is 44.9 Å². The first kappa shape index (κ1) is 22.1. The van der Waals surface area contributed by atoms with Gasteiger partial charge in [-0.25, -0.2) is 14.8 Å². The van der Waals surface area contributed by atoms with Crippen LogP contribution < -0.4 is 10.2 Å². The predicted molar refractivity (Wildman–Crippen MR) is 119 cm³/mol. The molecule has 1 aromatic carbocycles. The van der Waals surface area contributed by atoms with Crippen molar-refractivity contribution < 1.29 is 4.79 Å². The molecule has 1 aliphatic heterocycles. The van der Waals surface area contributed by atoms with Gasteiger partial charge in [0.2, 0.25) is 0 Å². The SMILES string of the molecule is C[C@@H]1CN(c2ccc(C#N)c(Cl)c2)[C@@H](C)CN1C(=O)Nc1cnc(C2CC2)nc1.Cl. The molecule has 2 atom stereocenters. The Hall–Kier alpha value is -2.56. The minimum Gasteiger partial charge on any atom is -0.365 e. The molecule has 0 unspecified atom stereocenters. The maximum atomic E-state index is 12.8. The standard InChI is InChI=1S/C21H23ClN6O.ClH/c1-13-12-28(21(29)26-17-9-24-20(25-10-17)15-3-4-15)14(2)11-27(13)18-6-5-16(8-23)19(22)7-18;/h5-7,9-10,13-15H,3-4,11-12H2,1-2H3,(H,26,29);1H/t13-,14+;/m0./s1. The lowest BCUT2D eigenvalue weighted by molar-refractivity contribution is 0.173. The van der Waals surface area contributed by atoms with E-state index in [4.69, 9.17) is 16.9 Å². The number of halogens is 2. The molecule has 2 heterocycles. The maximum Gasteiger partial charge on any atom is 0.322 e. The molecule has 30 heavy (non-hydrogen) atoms. The molecule has 7 nitrogen and oxygen atoms in total. The van der Waals surface area contributed by atoms with E-state index in [0.717, 1.165) is 24.4 Å². The van der Waals surface area contributed by atoms with Crippen LogP contribution in [0.25, 0.3) is 0 Å². The van der Waals surface area contributed by atoms with Gasteiger partial charge in [0.15, 0.2) is 0 Å². The van der Waals surface area contributed by atoms with E-state index in [1.165, 1.54) is 0 Å². The molecule has 1 aliphatic carbocycles. The average Bonchev–Trinajstić information content (AvgIpc) is 3.55. The lowest BCUT2D eigenvalue weighted by Gasteiger charge is -2.45. The van der Waals surface area contributed by atoms with Crippen LogP contribution in [-0.2, 0) is 0 Å². The average molecular weight is 447 g/mol. The lowest BCUT2D eigenvalue weighted by Crippen LogP contribution is -2.59. The molecule has 4 rings (SSSR count). The van der Waals surface area contributed by atoms with Crippen LogP contribution in [0.3, 0.4) is 0 Å². The minimum absolute atomic E-state index is 0. The quantitative estimate of drug-likeness (QED) is 0.753. The second-order valence-electron chi connectivity index (χ2n) is 7.81. The molecule has 0 bridgehead atoms. The van der Waals surface area contributed by atoms with Gasteiger partial charge in [-0.1, -0.05) is 11.6 Å². The number of nitrogens with one attached hydrogen (secondary N) is 1. The summed E-state index contributed by atoms with van der Waals surface area (Å²) in [5.74, 6) is 1.35. The Labute approximate surface area is 187 Å². The fourth-order valence-electron chi connectivity index (χ4n) is 3.69. The van der Waals surface area contributed by atoms with E-state index < -0.39 is 0 Å². The Morgan fingerprint density at radius 1 is 1.20 bits per heavy atom. The van der Waals surface area contributed by atoms with Gasteiger partial charge in [-0.2, -0.15) is 5.26 Å². The zero-order chi connectivity index (χ0) is 20.5. The summed E-state index contributed by atoms with van der Waals surface area (Å²) in [5, 5.41) is 12.4. The summed E-state index contributed by atoms with van der Waals surface area (Å²) in [6.45, 7) is 5.35. The largest absolute Gasteiger partial charge is 0.365 e. The Kier molecular flexibility index (Phi) is 6.69. The monoisotopic (exact) mass is 446 g/mol. The van der Waals surface area contributed by atoms with Gasteiger partial charge in [0, 0.05) is 36.8 Å². The van der Waals surface area contributed by atoms with Gasteiger partial charge in [-0.15, -0.1) is 12.4 Å². The second-order valence-corrected chi connectivity index (χ2v) is 8.22. The molecule has 2 amide bonds. The van der Waals surface area contributed by atoms with Crippen LogP contribution in [0.15, 0.2) is 30.6 Å². The van der Waals surface area contributed by atoms with Crippen LogP contribution in [0.4, 0.5) is 16.2 Å². The van der Waals surface area contributed by atoms with Crippen molar-refractivity contribution in [3.8, 4) is 6.07 Å². The summed E-state index contributed by atoms with van der Waals surface area (Å²) in [5.41, 5.74) is 2.03. The Morgan fingerprint density at radius 2 is 1.90 bits per heavy atom. The molecule has 1 saturated heterocycles. The van der Waals surface area contributed by atoms with Crippen molar-refractivity contribution in [2.45, 2.75) is 44.7 Å². The van der Waals surface area contributed by atoms with Crippen LogP contribution in [0.2, 0.25) is 5.02 Å². The number of carbonyl (C=O) groups excluding carboxylic acids is 1. The van der Waals surface area contributed by atoms with Crippen LogP contribution in [0, 0.1) is 11.3 Å². The molecule has 2 aliphatic rings. The molecule has 0 radical (unpaired) electrons. The molecule has 158 valence electrons. The van der Waals surface area contributed by atoms with E-state index in [2.05, 4.69) is 33.2 Å². The summed E-state index contributed by atoms with van der Waals surface area (Å²) in [6, 6.07) is 7.50. The first-order valence-electron chi connectivity index (χ1n) is 9.82. The first-order chi connectivity index (χ1) is 14.0. The lowest BCUT2D eigenvalue weighted by atomic mass is 10.1. The summed E-state index contributed by atoms with van der Waals surface area (Å²) in [7, 11) is 0. The number of rotatable bonds is 3. The van der Waals surface area contributed by atoms with Crippen molar-refractivity contribution in [2.75, 3.05) is 23.3 Å². The van der Waals surface area contributed by atoms with Gasteiger partial charge in [-0.3, -0.25) is 0 Å². The highest BCUT2D eigenvalue weighted by Gasteiger charge is 2.32. The number of urea groups is 1. The number of nitrogens with zero attached hydrogens (tertiary/aromatic N) is 5. The summed E-state index contributed by atoms with van der Waals surface area (Å²) >= 11 is 6.20. The highest BCUT2D eigenvalue weighted by molar-refractivity contribution is 6.32. The third-order valence-corrected chi connectivity index (χ3v) is 5.83. The fraction of sp³-hybridized carbons (Fsp3) is 0.429. The summed E-state index contributed by atoms with van der Waals surface area (Å²) < 4.78 is 0. The molecular formula is C21H24Cl2N6O. The first-order valence-corrected chi connectivity index (χ1v) is 10.2. The Morgan fingerprint density at radius 3 is 2.50 bits per heavy atom. The number of hydrogen-bond acceptors (Lipinski definition) is 5. The zero-order valence-electron chi connectivity index (χ0n) is 16.9. The zero-order valence-corrected chi connectivity index (χ0v) is 18.5. The van der Waals surface area contributed by atoms with Gasteiger partial charge in [0.1, 0.15) is 11.9 Å². The van der Waals surface area contributed by atoms with Gasteiger partial charge in [0.05, 0.1) is 28.7 Å². The number of hydrogen-bond donors (Lipinski definition) is 1. The highest BCUT2D eigenvalue weighted by atomic mass is 35.5. The van der Waals surface area contributed by atoms with E-state index in [9.17, 15) is 4.79 Å². The van der Waals surface area contributed by atoms with Crippen molar-refractivity contribution in [1.82, 2.24) is 14.9 Å². The van der Waals surface area contributed by atoms with Crippen LogP contribution in [0.1, 0.15) is 44.0 Å². The molecular weight excluding hydrogens is 423 g/mol. The van der Waals surface area contributed by atoms with Crippen LogP contribution in [-0.4, -0.2) is 46.1 Å². The van der Waals surface area contributed by atoms with E-state index in [1.54, 1.807) is 18.5 Å². The van der Waals surface area contributed by atoms with Gasteiger partial charge >= 0.3 is 6.03 Å². The van der Waals surface area contributed by atoms with E-state index in [-0.39, 0.29) is 30.5 Å². The normalized spacial score (nSPS) is 20.9. The van der Waals surface area contributed by atoms with Crippen LogP contribution in [0.5, 0.6) is 0 Å². The number of aromatic nitrogens is 2. The van der Waals surface area contributed by atoms with Crippen molar-refractivity contribution in [2.24, 2.45) is 0 Å². The third kappa shape index (κ3) is 4.61. The van der Waals surface area contributed by atoms with Gasteiger partial charge < -0.3 is 15.1 Å². The summed E-state index contributed by atoms with van der Waals surface area (Å²) in [6.07, 6.45) is 5.66. The number of benzene rings is 1. The van der Waals surface area contributed by atoms with Gasteiger partial charge in [0.25, 0.3) is 0 Å². The topological polar surface area (TPSA) is 85.2 Å². The van der Waals surface area contributed by atoms with Crippen molar-refractivity contribution in [3.05, 3.63) is 47.0 Å². The molecule has 1 saturated carbocycles. The molecule has 2 aromatic rings. The van der Waals surface area contributed by atoms with E-state index >= 15 is 0 Å². The number of nitriles is 1. The Balaban J connectivity index is 0.00000256. The van der Waals surface area contributed by atoms with Crippen molar-refractivity contribution in [1.29, 1.82) is 5.26 Å². The van der Waals surface area contributed by atoms with E-state index in [0.29, 0.717) is 35.3 Å². The predicted octanol–water partition coefficient (Wildman–Crippen LogP) is 4.43. The Bertz CT molecular complexity index is 957. The smallest absolute Gasteiger partial charge is 0.322 e. The van der Waals surface area contributed by atoms with Crippen LogP contribution >= 0.6 is 24.0 Å². The molecule has 1 N–H and O–H groups in total. The molecule has 0 spiro atoms.